The fourth-order valence-corrected chi connectivity index (χ4v) is 5.32. The molecule has 1 fully saturated rings. The van der Waals surface area contributed by atoms with E-state index in [0.717, 1.165) is 37.7 Å². The highest BCUT2D eigenvalue weighted by atomic mass is 32.2. The summed E-state index contributed by atoms with van der Waals surface area (Å²) in [5.41, 5.74) is 4.59. The molecule has 1 aromatic carbocycles. The normalized spacial score (nSPS) is 22.1. The van der Waals surface area contributed by atoms with E-state index in [2.05, 4.69) is 15.3 Å². The smallest absolute Gasteiger partial charge is 0.303 e. The van der Waals surface area contributed by atoms with Gasteiger partial charge in [-0.05, 0) is 24.3 Å². The van der Waals surface area contributed by atoms with Gasteiger partial charge in [0.2, 0.25) is 0 Å². The first-order valence-corrected chi connectivity index (χ1v) is 12.9. The van der Waals surface area contributed by atoms with E-state index in [1.807, 2.05) is 0 Å². The number of rotatable bonds is 8. The number of halogens is 3. The predicted octanol–water partition coefficient (Wildman–Crippen LogP) is 2.82. The number of carbonyl (C=O) groups is 3. The number of aromatic nitrogens is 4. The lowest BCUT2D eigenvalue weighted by Crippen LogP contribution is -2.57. The zero-order chi connectivity index (χ0) is 29.8. The Bertz CT molecular complexity index is 1440. The zero-order valence-corrected chi connectivity index (χ0v) is 22.6. The number of pyridine rings is 1. The van der Waals surface area contributed by atoms with Crippen LogP contribution in [0.25, 0.3) is 11.3 Å². The van der Waals surface area contributed by atoms with Gasteiger partial charge in [-0.25, -0.2) is 22.8 Å². The van der Waals surface area contributed by atoms with Crippen LogP contribution in [0.2, 0.25) is 0 Å². The first kappa shape index (κ1) is 29.8. The Kier molecular flexibility index (Phi) is 9.12. The van der Waals surface area contributed by atoms with Gasteiger partial charge in [0.15, 0.2) is 29.7 Å². The summed E-state index contributed by atoms with van der Waals surface area (Å²) in [6.07, 6.45) is -0.844. The van der Waals surface area contributed by atoms with Gasteiger partial charge in [0.1, 0.15) is 35.7 Å². The highest BCUT2D eigenvalue weighted by Crippen LogP contribution is 2.41. The minimum absolute atomic E-state index is 0.0694. The Hall–Kier alpha value is -4.18. The largest absolute Gasteiger partial charge is 0.463 e. The molecular formula is C25H24F3N5O7S. The fourth-order valence-electron chi connectivity index (χ4n) is 4.17. The first-order chi connectivity index (χ1) is 19.4. The van der Waals surface area contributed by atoms with Gasteiger partial charge >= 0.3 is 17.9 Å². The molecule has 1 aliphatic rings. The van der Waals surface area contributed by atoms with Crippen LogP contribution in [-0.4, -0.2) is 68.2 Å². The van der Waals surface area contributed by atoms with E-state index < -0.39 is 65.1 Å². The summed E-state index contributed by atoms with van der Waals surface area (Å²) in [6.45, 7) is 3.12. The van der Waals surface area contributed by atoms with Crippen molar-refractivity contribution in [3.63, 3.8) is 0 Å². The van der Waals surface area contributed by atoms with Crippen LogP contribution in [-0.2, 0) is 33.3 Å². The number of anilines is 1. The monoisotopic (exact) mass is 595 g/mol. The molecule has 218 valence electrons. The number of hydrogen-bond acceptors (Lipinski definition) is 12. The molecule has 4 rings (SSSR count). The van der Waals surface area contributed by atoms with E-state index in [1.54, 1.807) is 12.1 Å². The minimum Gasteiger partial charge on any atom is -0.463 e. The Labute approximate surface area is 235 Å². The molecule has 0 aliphatic carbocycles. The molecule has 5 atom stereocenters. The molecule has 1 aliphatic heterocycles. The average molecular weight is 596 g/mol. The van der Waals surface area contributed by atoms with Crippen LogP contribution in [0, 0.1) is 17.5 Å². The lowest BCUT2D eigenvalue weighted by atomic mass is 9.96. The summed E-state index contributed by atoms with van der Waals surface area (Å²) < 4.78 is 65.1. The van der Waals surface area contributed by atoms with E-state index in [1.165, 1.54) is 24.0 Å². The molecule has 16 heteroatoms. The summed E-state index contributed by atoms with van der Waals surface area (Å²) in [5.74, 6) is -6.42. The second-order valence-electron chi connectivity index (χ2n) is 8.86. The van der Waals surface area contributed by atoms with Gasteiger partial charge in [-0.3, -0.25) is 14.4 Å². The van der Waals surface area contributed by atoms with Crippen LogP contribution >= 0.6 is 11.8 Å². The van der Waals surface area contributed by atoms with Crippen LogP contribution in [0.15, 0.2) is 41.6 Å². The van der Waals surface area contributed by atoms with Crippen molar-refractivity contribution in [3.8, 4) is 11.3 Å². The molecular weight excluding hydrogens is 571 g/mol. The predicted molar refractivity (Wildman–Crippen MR) is 135 cm³/mol. The van der Waals surface area contributed by atoms with Crippen molar-refractivity contribution >= 4 is 35.5 Å². The molecule has 0 bridgehead atoms. The number of nitrogens with zero attached hydrogens (tertiary/aromatic N) is 4. The van der Waals surface area contributed by atoms with Crippen molar-refractivity contribution in [3.05, 3.63) is 54.1 Å². The maximum Gasteiger partial charge on any atom is 0.303 e. The van der Waals surface area contributed by atoms with Crippen molar-refractivity contribution in [1.29, 1.82) is 0 Å². The maximum atomic E-state index is 13.9. The molecule has 0 radical (unpaired) electrons. The highest BCUT2D eigenvalue weighted by molar-refractivity contribution is 7.99. The molecule has 3 aromatic rings. The van der Waals surface area contributed by atoms with Crippen LogP contribution in [0.3, 0.4) is 0 Å². The molecule has 2 N–H and O–H groups in total. The van der Waals surface area contributed by atoms with Crippen LogP contribution in [0.5, 0.6) is 0 Å². The molecule has 41 heavy (non-hydrogen) atoms. The summed E-state index contributed by atoms with van der Waals surface area (Å²) in [4.78, 5) is 40.6. The van der Waals surface area contributed by atoms with Crippen molar-refractivity contribution in [2.75, 3.05) is 12.3 Å². The van der Waals surface area contributed by atoms with Gasteiger partial charge in [-0.15, -0.1) is 5.10 Å². The topological polar surface area (TPSA) is 158 Å². The number of benzene rings is 1. The second kappa shape index (κ2) is 12.6. The zero-order valence-electron chi connectivity index (χ0n) is 21.8. The van der Waals surface area contributed by atoms with Crippen molar-refractivity contribution < 1.29 is 46.5 Å². The molecule has 0 unspecified atom stereocenters. The molecule has 1 saturated heterocycles. The molecule has 0 saturated carbocycles. The molecule has 0 spiro atoms. The highest BCUT2D eigenvalue weighted by Gasteiger charge is 2.52. The summed E-state index contributed by atoms with van der Waals surface area (Å²) in [5, 5.41) is 7.98. The summed E-state index contributed by atoms with van der Waals surface area (Å²) in [6, 6.07) is 3.51. The number of carbonyl (C=O) groups excluding carboxylic acids is 3. The van der Waals surface area contributed by atoms with Gasteiger partial charge in [0.05, 0.1) is 6.20 Å². The standard InChI is InChI=1S/C25H24F3N5O7S/c1-11(34)37-10-19-23(38-12(2)35)22(33-9-18(31-32-33)14-6-16(26)21(28)17(27)7-14)24(39-13(3)36)25(40-19)41-15-4-5-30-20(29)8-15/h4-9,19,22-25H,10H2,1-3H3,(H2,29,30)/t19-,22+,23+,24-,25-/m1/s1. The summed E-state index contributed by atoms with van der Waals surface area (Å²) >= 11 is 1.09. The van der Waals surface area contributed by atoms with Crippen molar-refractivity contribution in [1.82, 2.24) is 20.0 Å². The van der Waals surface area contributed by atoms with Crippen LogP contribution in [0.4, 0.5) is 19.0 Å². The van der Waals surface area contributed by atoms with Crippen LogP contribution < -0.4 is 5.73 Å². The second-order valence-corrected chi connectivity index (χ2v) is 10.0. The fraction of sp³-hybridized carbons (Fsp3) is 0.360. The number of hydrogen-bond donors (Lipinski definition) is 1. The maximum absolute atomic E-state index is 13.9. The third-order valence-electron chi connectivity index (χ3n) is 5.77. The minimum atomic E-state index is -1.65. The Morgan fingerprint density at radius 3 is 2.29 bits per heavy atom. The van der Waals surface area contributed by atoms with Crippen LogP contribution in [0.1, 0.15) is 26.8 Å². The molecule has 3 heterocycles. The quantitative estimate of drug-likeness (QED) is 0.231. The molecule has 0 amide bonds. The van der Waals surface area contributed by atoms with Gasteiger partial charge < -0.3 is 24.7 Å². The van der Waals surface area contributed by atoms with E-state index in [4.69, 9.17) is 24.7 Å². The number of ether oxygens (including phenoxy) is 4. The van der Waals surface area contributed by atoms with E-state index in [0.29, 0.717) is 4.90 Å². The Morgan fingerprint density at radius 2 is 1.68 bits per heavy atom. The lowest BCUT2D eigenvalue weighted by Gasteiger charge is -2.44. The lowest BCUT2D eigenvalue weighted by molar-refractivity contribution is -0.212. The number of thioether (sulfide) groups is 1. The van der Waals surface area contributed by atoms with Crippen molar-refractivity contribution in [2.24, 2.45) is 0 Å². The van der Waals surface area contributed by atoms with Gasteiger partial charge in [0, 0.05) is 37.4 Å². The SMILES string of the molecule is CC(=O)OC[C@H]1O[C@H](Sc2ccnc(N)c2)[C@H](OC(C)=O)[C@@H](n2cc(-c3cc(F)c(F)c(F)c3)nn2)[C@H]1OC(C)=O. The van der Waals surface area contributed by atoms with E-state index >= 15 is 0 Å². The van der Waals surface area contributed by atoms with Crippen molar-refractivity contribution in [2.45, 2.75) is 55.5 Å². The Morgan fingerprint density at radius 1 is 1.02 bits per heavy atom. The van der Waals surface area contributed by atoms with Gasteiger partial charge in [-0.2, -0.15) is 0 Å². The first-order valence-electron chi connectivity index (χ1n) is 12.0. The van der Waals surface area contributed by atoms with E-state index in [9.17, 15) is 27.6 Å². The molecule has 12 nitrogen and oxygen atoms in total. The number of nitrogen functional groups attached to an aromatic ring is 1. The van der Waals surface area contributed by atoms with E-state index in [-0.39, 0.29) is 23.7 Å². The summed E-state index contributed by atoms with van der Waals surface area (Å²) in [7, 11) is 0. The third kappa shape index (κ3) is 7.13. The third-order valence-corrected chi connectivity index (χ3v) is 6.91. The Balaban J connectivity index is 1.82. The number of nitrogens with two attached hydrogens (primary N) is 1. The molecule has 2 aromatic heterocycles. The number of esters is 3. The van der Waals surface area contributed by atoms with Gasteiger partial charge in [-0.1, -0.05) is 17.0 Å². The average Bonchev–Trinajstić information content (AvgIpc) is 3.37. The van der Waals surface area contributed by atoms with Gasteiger partial charge in [0.25, 0.3) is 0 Å².